The minimum atomic E-state index is 0.591. The van der Waals surface area contributed by atoms with E-state index >= 15 is 0 Å². The zero-order valence-corrected chi connectivity index (χ0v) is 8.75. The van der Waals surface area contributed by atoms with Gasteiger partial charge in [0.15, 0.2) is 0 Å². The van der Waals surface area contributed by atoms with Crippen molar-refractivity contribution in [1.29, 1.82) is 0 Å². The highest BCUT2D eigenvalue weighted by molar-refractivity contribution is 5.14. The maximum absolute atomic E-state index is 5.57. The highest BCUT2D eigenvalue weighted by atomic mass is 15.3. The fourth-order valence-electron chi connectivity index (χ4n) is 1.26. The summed E-state index contributed by atoms with van der Waals surface area (Å²) in [6.07, 6.45) is 3.23. The second kappa shape index (κ2) is 4.42. The minimum Gasteiger partial charge on any atom is -0.326 e. The van der Waals surface area contributed by atoms with Gasteiger partial charge in [-0.3, -0.25) is 4.68 Å². The Morgan fingerprint density at radius 3 is 2.69 bits per heavy atom. The average molecular weight is 181 g/mol. The molecule has 0 saturated heterocycles. The summed E-state index contributed by atoms with van der Waals surface area (Å²) in [6.45, 7) is 8.04. The summed E-state index contributed by atoms with van der Waals surface area (Å²) >= 11 is 0. The van der Waals surface area contributed by atoms with Gasteiger partial charge >= 0.3 is 0 Å². The molecule has 0 amide bonds. The Kier molecular flexibility index (Phi) is 3.48. The molecular formula is C10H19N3. The van der Waals surface area contributed by atoms with E-state index in [1.165, 1.54) is 6.42 Å². The van der Waals surface area contributed by atoms with E-state index in [4.69, 9.17) is 5.73 Å². The molecule has 0 fully saturated rings. The first kappa shape index (κ1) is 10.3. The third-order valence-corrected chi connectivity index (χ3v) is 2.20. The van der Waals surface area contributed by atoms with Crippen molar-refractivity contribution < 1.29 is 0 Å². The molecule has 2 N–H and O–H groups in total. The van der Waals surface area contributed by atoms with Crippen molar-refractivity contribution in [3.05, 3.63) is 17.5 Å². The highest BCUT2D eigenvalue weighted by Gasteiger charge is 2.02. The summed E-state index contributed by atoms with van der Waals surface area (Å²) in [5.41, 5.74) is 7.78. The van der Waals surface area contributed by atoms with Gasteiger partial charge in [0.1, 0.15) is 0 Å². The molecular weight excluding hydrogens is 162 g/mol. The monoisotopic (exact) mass is 181 g/mol. The molecule has 0 aliphatic heterocycles. The van der Waals surface area contributed by atoms with Gasteiger partial charge in [-0.05, 0) is 19.3 Å². The van der Waals surface area contributed by atoms with Gasteiger partial charge in [-0.25, -0.2) is 0 Å². The molecule has 0 spiro atoms. The molecule has 0 aliphatic rings. The van der Waals surface area contributed by atoms with Crippen LogP contribution in [0.5, 0.6) is 0 Å². The van der Waals surface area contributed by atoms with E-state index in [2.05, 4.69) is 25.1 Å². The quantitative estimate of drug-likeness (QED) is 0.768. The molecule has 0 atom stereocenters. The van der Waals surface area contributed by atoms with Gasteiger partial charge < -0.3 is 5.73 Å². The van der Waals surface area contributed by atoms with Gasteiger partial charge in [0.05, 0.1) is 5.69 Å². The Bertz CT molecular complexity index is 263. The maximum Gasteiger partial charge on any atom is 0.0638 e. The summed E-state index contributed by atoms with van der Waals surface area (Å²) in [5.74, 6) is 0.728. The van der Waals surface area contributed by atoms with Crippen molar-refractivity contribution in [3.63, 3.8) is 0 Å². The molecule has 0 radical (unpaired) electrons. The molecule has 1 heterocycles. The van der Waals surface area contributed by atoms with Crippen LogP contribution in [0.2, 0.25) is 0 Å². The van der Waals surface area contributed by atoms with Gasteiger partial charge in [0, 0.05) is 24.8 Å². The summed E-state index contributed by atoms with van der Waals surface area (Å²) in [7, 11) is 0. The smallest absolute Gasteiger partial charge is 0.0638 e. The lowest BCUT2D eigenvalue weighted by atomic mass is 10.1. The molecule has 3 nitrogen and oxygen atoms in total. The summed E-state index contributed by atoms with van der Waals surface area (Å²) in [5, 5.41) is 4.39. The first-order valence-corrected chi connectivity index (χ1v) is 4.86. The van der Waals surface area contributed by atoms with Crippen LogP contribution >= 0.6 is 0 Å². The van der Waals surface area contributed by atoms with Crippen molar-refractivity contribution in [3.8, 4) is 0 Å². The van der Waals surface area contributed by atoms with Crippen LogP contribution in [0.4, 0.5) is 0 Å². The second-order valence-corrected chi connectivity index (χ2v) is 3.89. The Labute approximate surface area is 79.9 Å². The number of nitrogens with two attached hydrogens (primary N) is 1. The van der Waals surface area contributed by atoms with E-state index in [0.717, 1.165) is 23.7 Å². The molecule has 0 unspecified atom stereocenters. The Morgan fingerprint density at radius 2 is 2.23 bits per heavy atom. The molecule has 0 aromatic carbocycles. The van der Waals surface area contributed by atoms with Crippen LogP contribution in [0.1, 0.15) is 31.5 Å². The predicted octanol–water partition coefficient (Wildman–Crippen LogP) is 1.70. The molecule has 74 valence electrons. The normalized spacial score (nSPS) is 11.2. The molecule has 1 aromatic rings. The van der Waals surface area contributed by atoms with Gasteiger partial charge in [0.25, 0.3) is 0 Å². The van der Waals surface area contributed by atoms with Crippen molar-refractivity contribution in [2.75, 3.05) is 0 Å². The summed E-state index contributed by atoms with van der Waals surface area (Å²) in [4.78, 5) is 0. The van der Waals surface area contributed by atoms with E-state index in [1.54, 1.807) is 0 Å². The number of aromatic nitrogens is 2. The van der Waals surface area contributed by atoms with E-state index in [9.17, 15) is 0 Å². The van der Waals surface area contributed by atoms with Crippen molar-refractivity contribution >= 4 is 0 Å². The lowest BCUT2D eigenvalue weighted by Gasteiger charge is -2.03. The molecule has 1 aromatic heterocycles. The molecule has 1 rings (SSSR count). The Balaban J connectivity index is 2.57. The number of aryl methyl sites for hydroxylation is 2. The van der Waals surface area contributed by atoms with Crippen LogP contribution in [-0.4, -0.2) is 9.78 Å². The maximum atomic E-state index is 5.57. The lowest BCUT2D eigenvalue weighted by Crippen LogP contribution is -2.02. The van der Waals surface area contributed by atoms with E-state index in [0.29, 0.717) is 6.54 Å². The third-order valence-electron chi connectivity index (χ3n) is 2.20. The SMILES string of the molecule is Cc1nn(CCC(C)C)cc1CN. The predicted molar refractivity (Wildman–Crippen MR) is 54.3 cm³/mol. The van der Waals surface area contributed by atoms with Crippen molar-refractivity contribution in [2.45, 2.75) is 40.3 Å². The average Bonchev–Trinajstić information content (AvgIpc) is 2.43. The van der Waals surface area contributed by atoms with Gasteiger partial charge in [-0.1, -0.05) is 13.8 Å². The fraction of sp³-hybridized carbons (Fsp3) is 0.700. The van der Waals surface area contributed by atoms with Crippen LogP contribution < -0.4 is 5.73 Å². The van der Waals surface area contributed by atoms with Gasteiger partial charge in [0.2, 0.25) is 0 Å². The van der Waals surface area contributed by atoms with Crippen molar-refractivity contribution in [1.82, 2.24) is 9.78 Å². The van der Waals surface area contributed by atoms with Crippen LogP contribution in [0.15, 0.2) is 6.20 Å². The lowest BCUT2D eigenvalue weighted by molar-refractivity contribution is 0.485. The standard InChI is InChI=1S/C10H19N3/c1-8(2)4-5-13-7-10(6-11)9(3)12-13/h7-8H,4-6,11H2,1-3H3. The molecule has 0 saturated carbocycles. The first-order valence-electron chi connectivity index (χ1n) is 4.86. The fourth-order valence-corrected chi connectivity index (χ4v) is 1.26. The first-order chi connectivity index (χ1) is 6.13. The Morgan fingerprint density at radius 1 is 1.54 bits per heavy atom. The molecule has 0 aliphatic carbocycles. The second-order valence-electron chi connectivity index (χ2n) is 3.89. The van der Waals surface area contributed by atoms with E-state index in [1.807, 2.05) is 11.6 Å². The number of hydrogen-bond acceptors (Lipinski definition) is 2. The topological polar surface area (TPSA) is 43.8 Å². The molecule has 0 bridgehead atoms. The van der Waals surface area contributed by atoms with Crippen LogP contribution in [-0.2, 0) is 13.1 Å². The van der Waals surface area contributed by atoms with Gasteiger partial charge in [-0.15, -0.1) is 0 Å². The molecule has 3 heteroatoms. The third kappa shape index (κ3) is 2.84. The highest BCUT2D eigenvalue weighted by Crippen LogP contribution is 2.07. The number of rotatable bonds is 4. The number of nitrogens with zero attached hydrogens (tertiary/aromatic N) is 2. The Hall–Kier alpha value is -0.830. The van der Waals surface area contributed by atoms with Crippen LogP contribution in [0.3, 0.4) is 0 Å². The summed E-state index contributed by atoms with van der Waals surface area (Å²) in [6, 6.07) is 0. The number of hydrogen-bond donors (Lipinski definition) is 1. The van der Waals surface area contributed by atoms with Crippen LogP contribution in [0, 0.1) is 12.8 Å². The van der Waals surface area contributed by atoms with Gasteiger partial charge in [-0.2, -0.15) is 5.10 Å². The van der Waals surface area contributed by atoms with Crippen molar-refractivity contribution in [2.24, 2.45) is 11.7 Å². The zero-order valence-electron chi connectivity index (χ0n) is 8.75. The largest absolute Gasteiger partial charge is 0.326 e. The molecule has 13 heavy (non-hydrogen) atoms. The van der Waals surface area contributed by atoms with E-state index < -0.39 is 0 Å². The minimum absolute atomic E-state index is 0.591. The van der Waals surface area contributed by atoms with Crippen LogP contribution in [0.25, 0.3) is 0 Å². The summed E-state index contributed by atoms with van der Waals surface area (Å²) < 4.78 is 2.00. The zero-order chi connectivity index (χ0) is 9.84. The van der Waals surface area contributed by atoms with E-state index in [-0.39, 0.29) is 0 Å².